The average molecular weight is 431 g/mol. The first kappa shape index (κ1) is 21.8. The summed E-state index contributed by atoms with van der Waals surface area (Å²) in [5, 5.41) is 8.91. The van der Waals surface area contributed by atoms with Crippen LogP contribution in [0.2, 0.25) is 0 Å². The van der Waals surface area contributed by atoms with Crippen LogP contribution >= 0.6 is 0 Å². The molecule has 166 valence electrons. The van der Waals surface area contributed by atoms with Crippen molar-refractivity contribution in [2.45, 2.75) is 27.2 Å². The number of nitrogens with zero attached hydrogens (tertiary/aromatic N) is 4. The minimum Gasteiger partial charge on any atom is -0.483 e. The van der Waals surface area contributed by atoms with Crippen molar-refractivity contribution >= 4 is 11.7 Å². The second kappa shape index (κ2) is 9.81. The summed E-state index contributed by atoms with van der Waals surface area (Å²) in [6.45, 7) is 9.10. The van der Waals surface area contributed by atoms with E-state index in [2.05, 4.69) is 54.1 Å². The standard InChI is InChI=1S/C26H30N4O2/c1-4-21-7-5-6-8-24(21)32-18-26(31)30-15-13-29(14-16-30)25-12-11-23(27-28-25)22-10-9-19(2)17-20(22)3/h5-12,17H,4,13-16,18H2,1-3H3. The molecule has 3 aromatic rings. The van der Waals surface area contributed by atoms with E-state index in [0.717, 1.165) is 47.9 Å². The van der Waals surface area contributed by atoms with Crippen molar-refractivity contribution in [1.29, 1.82) is 0 Å². The molecule has 0 bridgehead atoms. The number of aromatic nitrogens is 2. The first-order chi connectivity index (χ1) is 15.5. The maximum absolute atomic E-state index is 12.6. The Hall–Kier alpha value is -3.41. The van der Waals surface area contributed by atoms with Crippen LogP contribution in [-0.4, -0.2) is 53.8 Å². The normalized spacial score (nSPS) is 13.8. The molecule has 2 aromatic carbocycles. The fraction of sp³-hybridized carbons (Fsp3) is 0.346. The summed E-state index contributed by atoms with van der Waals surface area (Å²) in [6, 6.07) is 18.3. The topological polar surface area (TPSA) is 58.6 Å². The zero-order chi connectivity index (χ0) is 22.5. The highest BCUT2D eigenvalue weighted by Gasteiger charge is 2.22. The Labute approximate surface area is 189 Å². The lowest BCUT2D eigenvalue weighted by Gasteiger charge is -2.35. The van der Waals surface area contributed by atoms with Crippen LogP contribution in [0, 0.1) is 13.8 Å². The molecule has 1 amide bonds. The molecule has 0 N–H and O–H groups in total. The van der Waals surface area contributed by atoms with Gasteiger partial charge in [-0.3, -0.25) is 4.79 Å². The van der Waals surface area contributed by atoms with Gasteiger partial charge in [0.1, 0.15) is 5.75 Å². The molecule has 2 heterocycles. The van der Waals surface area contributed by atoms with E-state index in [1.165, 1.54) is 11.1 Å². The van der Waals surface area contributed by atoms with Crippen molar-refractivity contribution in [2.75, 3.05) is 37.7 Å². The number of benzene rings is 2. The van der Waals surface area contributed by atoms with Crippen LogP contribution in [0.1, 0.15) is 23.6 Å². The zero-order valence-electron chi connectivity index (χ0n) is 19.0. The quantitative estimate of drug-likeness (QED) is 0.591. The van der Waals surface area contributed by atoms with Crippen LogP contribution in [0.4, 0.5) is 5.82 Å². The van der Waals surface area contributed by atoms with Gasteiger partial charge in [-0.05, 0) is 49.6 Å². The SMILES string of the molecule is CCc1ccccc1OCC(=O)N1CCN(c2ccc(-c3ccc(C)cc3C)nn2)CC1. The lowest BCUT2D eigenvalue weighted by atomic mass is 10.0. The van der Waals surface area contributed by atoms with Crippen molar-refractivity contribution in [2.24, 2.45) is 0 Å². The number of amides is 1. The predicted molar refractivity (Wildman–Crippen MR) is 127 cm³/mol. The van der Waals surface area contributed by atoms with Gasteiger partial charge >= 0.3 is 0 Å². The van der Waals surface area contributed by atoms with E-state index in [4.69, 9.17) is 4.74 Å². The first-order valence-corrected chi connectivity index (χ1v) is 11.2. The molecule has 6 heteroatoms. The number of rotatable bonds is 6. The van der Waals surface area contributed by atoms with Crippen LogP contribution in [0.5, 0.6) is 5.75 Å². The maximum Gasteiger partial charge on any atom is 0.260 e. The summed E-state index contributed by atoms with van der Waals surface area (Å²) < 4.78 is 5.80. The van der Waals surface area contributed by atoms with E-state index in [-0.39, 0.29) is 12.5 Å². The summed E-state index contributed by atoms with van der Waals surface area (Å²) >= 11 is 0. The third-order valence-electron chi connectivity index (χ3n) is 5.97. The van der Waals surface area contributed by atoms with Gasteiger partial charge in [0.25, 0.3) is 5.91 Å². The Morgan fingerprint density at radius 1 is 0.969 bits per heavy atom. The molecule has 0 aliphatic carbocycles. The summed E-state index contributed by atoms with van der Waals surface area (Å²) in [5.41, 5.74) is 5.54. The minimum absolute atomic E-state index is 0.0202. The molecule has 1 fully saturated rings. The lowest BCUT2D eigenvalue weighted by molar-refractivity contribution is -0.133. The van der Waals surface area contributed by atoms with Gasteiger partial charge in [-0.2, -0.15) is 0 Å². The highest BCUT2D eigenvalue weighted by Crippen LogP contribution is 2.24. The number of hydrogen-bond donors (Lipinski definition) is 0. The van der Waals surface area contributed by atoms with Gasteiger partial charge in [0, 0.05) is 31.7 Å². The molecule has 1 aromatic heterocycles. The molecule has 32 heavy (non-hydrogen) atoms. The Bertz CT molecular complexity index is 1070. The third-order valence-corrected chi connectivity index (χ3v) is 5.97. The van der Waals surface area contributed by atoms with Crippen LogP contribution in [0.3, 0.4) is 0 Å². The minimum atomic E-state index is 0.0202. The van der Waals surface area contributed by atoms with Crippen LogP contribution < -0.4 is 9.64 Å². The molecular weight excluding hydrogens is 400 g/mol. The second-order valence-corrected chi connectivity index (χ2v) is 8.21. The van der Waals surface area contributed by atoms with Crippen LogP contribution in [0.25, 0.3) is 11.3 Å². The van der Waals surface area contributed by atoms with E-state index in [0.29, 0.717) is 13.1 Å². The molecule has 0 spiro atoms. The molecule has 0 radical (unpaired) electrons. The number of anilines is 1. The monoisotopic (exact) mass is 430 g/mol. The number of aryl methyl sites for hydroxylation is 3. The van der Waals surface area contributed by atoms with Crippen LogP contribution in [0.15, 0.2) is 54.6 Å². The fourth-order valence-electron chi connectivity index (χ4n) is 4.09. The number of piperazine rings is 1. The zero-order valence-corrected chi connectivity index (χ0v) is 19.0. The van der Waals surface area contributed by atoms with E-state index >= 15 is 0 Å². The summed E-state index contributed by atoms with van der Waals surface area (Å²) in [4.78, 5) is 16.7. The number of ether oxygens (including phenoxy) is 1. The van der Waals surface area contributed by atoms with Gasteiger partial charge < -0.3 is 14.5 Å². The molecule has 0 saturated carbocycles. The van der Waals surface area contributed by atoms with E-state index < -0.39 is 0 Å². The third kappa shape index (κ3) is 4.90. The first-order valence-electron chi connectivity index (χ1n) is 11.2. The average Bonchev–Trinajstić information content (AvgIpc) is 2.83. The summed E-state index contributed by atoms with van der Waals surface area (Å²) in [6.07, 6.45) is 0.881. The molecule has 6 nitrogen and oxygen atoms in total. The largest absolute Gasteiger partial charge is 0.483 e. The van der Waals surface area contributed by atoms with Gasteiger partial charge in [-0.15, -0.1) is 10.2 Å². The fourth-order valence-corrected chi connectivity index (χ4v) is 4.09. The Morgan fingerprint density at radius 3 is 2.44 bits per heavy atom. The van der Waals surface area contributed by atoms with Gasteiger partial charge in [0.05, 0.1) is 5.69 Å². The predicted octanol–water partition coefficient (Wildman–Crippen LogP) is 4.05. The molecule has 1 aliphatic heterocycles. The van der Waals surface area contributed by atoms with Crippen molar-refractivity contribution in [3.8, 4) is 17.0 Å². The number of hydrogen-bond acceptors (Lipinski definition) is 5. The van der Waals surface area contributed by atoms with Gasteiger partial charge in [0.2, 0.25) is 0 Å². The molecule has 0 atom stereocenters. The van der Waals surface area contributed by atoms with Crippen molar-refractivity contribution in [3.05, 3.63) is 71.3 Å². The van der Waals surface area contributed by atoms with E-state index in [9.17, 15) is 4.79 Å². The van der Waals surface area contributed by atoms with Crippen molar-refractivity contribution in [1.82, 2.24) is 15.1 Å². The highest BCUT2D eigenvalue weighted by molar-refractivity contribution is 5.78. The second-order valence-electron chi connectivity index (χ2n) is 8.21. The van der Waals surface area contributed by atoms with E-state index in [1.807, 2.05) is 41.3 Å². The van der Waals surface area contributed by atoms with Gasteiger partial charge in [-0.1, -0.05) is 48.9 Å². The molecule has 1 saturated heterocycles. The van der Waals surface area contributed by atoms with Gasteiger partial charge in [0.15, 0.2) is 12.4 Å². The highest BCUT2D eigenvalue weighted by atomic mass is 16.5. The number of carbonyl (C=O) groups excluding carboxylic acids is 1. The molecule has 1 aliphatic rings. The Morgan fingerprint density at radius 2 is 1.75 bits per heavy atom. The smallest absolute Gasteiger partial charge is 0.260 e. The van der Waals surface area contributed by atoms with Crippen LogP contribution in [-0.2, 0) is 11.2 Å². The summed E-state index contributed by atoms with van der Waals surface area (Å²) in [7, 11) is 0. The summed E-state index contributed by atoms with van der Waals surface area (Å²) in [5.74, 6) is 1.66. The molecule has 0 unspecified atom stereocenters. The number of carbonyl (C=O) groups is 1. The Kier molecular flexibility index (Phi) is 6.69. The van der Waals surface area contributed by atoms with Gasteiger partial charge in [-0.25, -0.2) is 0 Å². The molecular formula is C26H30N4O2. The maximum atomic E-state index is 12.6. The molecule has 4 rings (SSSR count). The number of para-hydroxylation sites is 1. The van der Waals surface area contributed by atoms with Crippen molar-refractivity contribution in [3.63, 3.8) is 0 Å². The van der Waals surface area contributed by atoms with Crippen molar-refractivity contribution < 1.29 is 9.53 Å². The lowest BCUT2D eigenvalue weighted by Crippen LogP contribution is -2.50. The Balaban J connectivity index is 1.32. The van der Waals surface area contributed by atoms with E-state index in [1.54, 1.807) is 0 Å².